The van der Waals surface area contributed by atoms with Gasteiger partial charge in [-0.25, -0.2) is 0 Å². The number of halogens is 2. The predicted molar refractivity (Wildman–Crippen MR) is 144 cm³/mol. The molecule has 1 fully saturated rings. The van der Waals surface area contributed by atoms with Crippen molar-refractivity contribution in [3.05, 3.63) is 67.6 Å². The van der Waals surface area contributed by atoms with E-state index in [0.29, 0.717) is 33.0 Å². The number of ether oxygens (including phenoxy) is 5. The van der Waals surface area contributed by atoms with Crippen molar-refractivity contribution in [2.45, 2.75) is 57.9 Å². The molecule has 0 bridgehead atoms. The molecule has 2 aromatic rings. The van der Waals surface area contributed by atoms with Crippen LogP contribution in [0.15, 0.2) is 45.3 Å². The molecular formula is C27H34Br2O8. The standard InChI is InChI=1S/C13H15BrO3.C10H11BrO3.C4H8O2/c1-12(2)16-7-13(8-17-12)11-4-3-10(14)5-9(11)6-15-13;11-8-1-2-9-7(3-8)4-14-10(9,5-12)6-13;1-3-6-4(2)5/h3-5H,6-8H2,1-2H3;1-3,12-13H,4-6H2;3H2,1-2H3. The molecule has 0 atom stereocenters. The molecule has 3 aliphatic rings. The summed E-state index contributed by atoms with van der Waals surface area (Å²) >= 11 is 6.84. The van der Waals surface area contributed by atoms with E-state index < -0.39 is 17.0 Å². The Bertz CT molecular complexity index is 1070. The Morgan fingerprint density at radius 1 is 0.892 bits per heavy atom. The molecule has 2 N–H and O–H groups in total. The molecule has 0 saturated carbocycles. The first-order valence-electron chi connectivity index (χ1n) is 12.0. The molecule has 3 aliphatic heterocycles. The first-order valence-corrected chi connectivity index (χ1v) is 13.6. The summed E-state index contributed by atoms with van der Waals surface area (Å²) < 4.78 is 29.3. The van der Waals surface area contributed by atoms with Gasteiger partial charge >= 0.3 is 5.97 Å². The number of aliphatic hydroxyl groups excluding tert-OH is 2. The summed E-state index contributed by atoms with van der Waals surface area (Å²) in [6.45, 7) is 9.28. The highest BCUT2D eigenvalue weighted by Crippen LogP contribution is 2.42. The van der Waals surface area contributed by atoms with Gasteiger partial charge in [0.25, 0.3) is 0 Å². The van der Waals surface area contributed by atoms with Crippen LogP contribution >= 0.6 is 31.9 Å². The minimum absolute atomic E-state index is 0.196. The number of aliphatic hydroxyl groups is 2. The fourth-order valence-corrected chi connectivity index (χ4v) is 5.07. The number of rotatable bonds is 3. The Labute approximate surface area is 234 Å². The summed E-state index contributed by atoms with van der Waals surface area (Å²) in [6.07, 6.45) is 0. The quantitative estimate of drug-likeness (QED) is 0.464. The maximum Gasteiger partial charge on any atom is 0.302 e. The van der Waals surface area contributed by atoms with Crippen LogP contribution in [0.1, 0.15) is 49.9 Å². The SMILES string of the molecule is CC1(C)OCC2(CO1)OCc1cc(Br)ccc12.CCOC(C)=O.OCC1(CO)OCc2cc(Br)ccc21. The molecule has 3 heterocycles. The lowest BCUT2D eigenvalue weighted by molar-refractivity contribution is -0.311. The summed E-state index contributed by atoms with van der Waals surface area (Å²) in [5, 5.41) is 18.5. The summed E-state index contributed by atoms with van der Waals surface area (Å²) in [5.41, 5.74) is 2.98. The Hall–Kier alpha value is -1.37. The largest absolute Gasteiger partial charge is 0.466 e. The molecule has 0 unspecified atom stereocenters. The second-order valence-corrected chi connectivity index (χ2v) is 11.2. The number of fused-ring (bicyclic) bond motifs is 3. The Balaban J connectivity index is 0.000000172. The summed E-state index contributed by atoms with van der Waals surface area (Å²) in [6, 6.07) is 11.9. The lowest BCUT2D eigenvalue weighted by Crippen LogP contribution is -2.49. The molecule has 8 nitrogen and oxygen atoms in total. The van der Waals surface area contributed by atoms with Crippen LogP contribution in [0.2, 0.25) is 0 Å². The minimum Gasteiger partial charge on any atom is -0.466 e. The zero-order valence-electron chi connectivity index (χ0n) is 21.5. The molecular weight excluding hydrogens is 612 g/mol. The third-order valence-electron chi connectivity index (χ3n) is 6.29. The van der Waals surface area contributed by atoms with Crippen molar-refractivity contribution in [2.24, 2.45) is 0 Å². The first-order chi connectivity index (χ1) is 17.5. The number of esters is 1. The molecule has 1 spiro atoms. The van der Waals surface area contributed by atoms with Gasteiger partial charge in [-0.05, 0) is 67.3 Å². The molecule has 2 aromatic carbocycles. The number of hydrogen-bond donors (Lipinski definition) is 2. The van der Waals surface area contributed by atoms with Gasteiger partial charge < -0.3 is 33.9 Å². The molecule has 1 saturated heterocycles. The van der Waals surface area contributed by atoms with Crippen LogP contribution in [0.5, 0.6) is 0 Å². The van der Waals surface area contributed by atoms with Gasteiger partial charge in [-0.15, -0.1) is 0 Å². The third kappa shape index (κ3) is 7.19. The van der Waals surface area contributed by atoms with Crippen molar-refractivity contribution in [3.8, 4) is 0 Å². The minimum atomic E-state index is -0.907. The van der Waals surface area contributed by atoms with E-state index in [-0.39, 0.29) is 19.2 Å². The van der Waals surface area contributed by atoms with Crippen molar-refractivity contribution < 1.29 is 38.7 Å². The Morgan fingerprint density at radius 2 is 1.41 bits per heavy atom. The lowest BCUT2D eigenvalue weighted by atomic mass is 9.93. The van der Waals surface area contributed by atoms with Crippen LogP contribution in [0, 0.1) is 0 Å². The highest BCUT2D eigenvalue weighted by Gasteiger charge is 2.46. The van der Waals surface area contributed by atoms with Crippen molar-refractivity contribution in [1.29, 1.82) is 0 Å². The second-order valence-electron chi connectivity index (χ2n) is 9.39. The molecule has 37 heavy (non-hydrogen) atoms. The number of hydrogen-bond acceptors (Lipinski definition) is 8. The van der Waals surface area contributed by atoms with Gasteiger partial charge in [0.05, 0.1) is 46.2 Å². The van der Waals surface area contributed by atoms with Gasteiger partial charge in [0.15, 0.2) is 5.79 Å². The van der Waals surface area contributed by atoms with Gasteiger partial charge in [0, 0.05) is 15.9 Å². The summed E-state index contributed by atoms with van der Waals surface area (Å²) in [5.74, 6) is -0.718. The first kappa shape index (κ1) is 30.2. The fraction of sp³-hybridized carbons (Fsp3) is 0.519. The molecule has 0 radical (unpaired) electrons. The van der Waals surface area contributed by atoms with Crippen molar-refractivity contribution >= 4 is 37.8 Å². The van der Waals surface area contributed by atoms with E-state index in [0.717, 1.165) is 20.1 Å². The Morgan fingerprint density at radius 3 is 1.89 bits per heavy atom. The van der Waals surface area contributed by atoms with E-state index >= 15 is 0 Å². The Kier molecular flexibility index (Phi) is 10.3. The molecule has 0 aliphatic carbocycles. The second kappa shape index (κ2) is 12.7. The van der Waals surface area contributed by atoms with Crippen LogP contribution < -0.4 is 0 Å². The van der Waals surface area contributed by atoms with Gasteiger partial charge in [0.1, 0.15) is 11.2 Å². The van der Waals surface area contributed by atoms with Crippen molar-refractivity contribution in [3.63, 3.8) is 0 Å². The van der Waals surface area contributed by atoms with Gasteiger partial charge in [-0.2, -0.15) is 0 Å². The number of benzene rings is 2. The van der Waals surface area contributed by atoms with Crippen LogP contribution in [0.25, 0.3) is 0 Å². The molecule has 0 amide bonds. The molecule has 204 valence electrons. The maximum atomic E-state index is 9.82. The van der Waals surface area contributed by atoms with Crippen molar-refractivity contribution in [1.82, 2.24) is 0 Å². The van der Waals surface area contributed by atoms with E-state index in [4.69, 9.17) is 18.9 Å². The van der Waals surface area contributed by atoms with Crippen LogP contribution in [0.4, 0.5) is 0 Å². The van der Waals surface area contributed by atoms with Crippen LogP contribution in [0.3, 0.4) is 0 Å². The van der Waals surface area contributed by atoms with E-state index in [1.165, 1.54) is 18.1 Å². The smallest absolute Gasteiger partial charge is 0.302 e. The molecule has 10 heteroatoms. The van der Waals surface area contributed by atoms with E-state index in [9.17, 15) is 15.0 Å². The topological polar surface area (TPSA) is 104 Å². The van der Waals surface area contributed by atoms with E-state index in [2.05, 4.69) is 48.7 Å². The predicted octanol–water partition coefficient (Wildman–Crippen LogP) is 4.69. The number of carbonyl (C=O) groups is 1. The van der Waals surface area contributed by atoms with E-state index in [1.807, 2.05) is 38.1 Å². The summed E-state index contributed by atoms with van der Waals surface area (Å²) in [4.78, 5) is 9.82. The molecule has 5 rings (SSSR count). The number of carbonyl (C=O) groups excluding carboxylic acids is 1. The maximum absolute atomic E-state index is 9.82. The normalized spacial score (nSPS) is 19.6. The molecule has 0 aromatic heterocycles. The van der Waals surface area contributed by atoms with Gasteiger partial charge in [-0.1, -0.05) is 44.0 Å². The summed E-state index contributed by atoms with van der Waals surface area (Å²) in [7, 11) is 0. The highest BCUT2D eigenvalue weighted by molar-refractivity contribution is 9.10. The zero-order valence-corrected chi connectivity index (χ0v) is 24.7. The van der Waals surface area contributed by atoms with E-state index in [1.54, 1.807) is 6.92 Å². The van der Waals surface area contributed by atoms with Crippen molar-refractivity contribution in [2.75, 3.05) is 33.0 Å². The fourth-order valence-electron chi connectivity index (χ4n) is 4.26. The average molecular weight is 646 g/mol. The third-order valence-corrected chi connectivity index (χ3v) is 7.27. The van der Waals surface area contributed by atoms with Gasteiger partial charge in [0.2, 0.25) is 0 Å². The zero-order chi connectivity index (χ0) is 27.3. The monoisotopic (exact) mass is 644 g/mol. The lowest BCUT2D eigenvalue weighted by Gasteiger charge is -2.41. The average Bonchev–Trinajstić information content (AvgIpc) is 3.40. The van der Waals surface area contributed by atoms with Crippen LogP contribution in [-0.4, -0.2) is 55.0 Å². The van der Waals surface area contributed by atoms with Crippen LogP contribution in [-0.2, 0) is 52.9 Å². The highest BCUT2D eigenvalue weighted by atomic mass is 79.9. The van der Waals surface area contributed by atoms with Gasteiger partial charge in [-0.3, -0.25) is 4.79 Å².